The third-order valence-electron chi connectivity index (χ3n) is 10.6. The highest BCUT2D eigenvalue weighted by molar-refractivity contribution is 6.06. The summed E-state index contributed by atoms with van der Waals surface area (Å²) in [4.78, 5) is 47.1. The van der Waals surface area contributed by atoms with Crippen LogP contribution in [-0.4, -0.2) is 64.8 Å². The smallest absolute Gasteiger partial charge is 0.312 e. The molecule has 3 aromatic rings. The molecule has 1 N–H and O–H groups in total. The van der Waals surface area contributed by atoms with E-state index in [0.29, 0.717) is 24.1 Å². The molecule has 47 heavy (non-hydrogen) atoms. The highest BCUT2D eigenvalue weighted by atomic mass is 16.6. The Kier molecular flexibility index (Phi) is 9.09. The van der Waals surface area contributed by atoms with Crippen LogP contribution in [0.4, 0.5) is 5.69 Å². The molecular weight excluding hydrogens is 592 g/mol. The fraction of sp³-hybridized carbons (Fsp3) is 0.410. The molecule has 3 aromatic carbocycles. The van der Waals surface area contributed by atoms with Gasteiger partial charge < -0.3 is 24.4 Å². The molecule has 8 heteroatoms. The number of likely N-dealkylation sites (tertiary alicyclic amines) is 1. The summed E-state index contributed by atoms with van der Waals surface area (Å²) in [5.74, 6) is -3.20. The van der Waals surface area contributed by atoms with Crippen molar-refractivity contribution in [2.24, 2.45) is 17.8 Å². The zero-order chi connectivity index (χ0) is 33.3. The van der Waals surface area contributed by atoms with Crippen LogP contribution >= 0.6 is 0 Å². The number of benzene rings is 3. The van der Waals surface area contributed by atoms with Gasteiger partial charge in [0.2, 0.25) is 5.91 Å². The van der Waals surface area contributed by atoms with Crippen molar-refractivity contribution in [3.63, 3.8) is 0 Å². The van der Waals surface area contributed by atoms with Crippen molar-refractivity contribution in [1.29, 1.82) is 0 Å². The van der Waals surface area contributed by atoms with E-state index in [1.807, 2.05) is 92.7 Å². The van der Waals surface area contributed by atoms with Gasteiger partial charge in [0.05, 0.1) is 30.8 Å². The van der Waals surface area contributed by atoms with Crippen molar-refractivity contribution in [2.45, 2.75) is 62.8 Å². The molecule has 3 saturated heterocycles. The number of ether oxygens (including phenoxy) is 2. The lowest BCUT2D eigenvalue weighted by atomic mass is 9.62. The molecule has 2 amide bonds. The Morgan fingerprint density at radius 3 is 2.49 bits per heavy atom. The van der Waals surface area contributed by atoms with E-state index >= 15 is 4.79 Å². The molecule has 3 fully saturated rings. The van der Waals surface area contributed by atoms with Gasteiger partial charge in [-0.1, -0.05) is 79.7 Å². The average molecular weight is 637 g/mol. The summed E-state index contributed by atoms with van der Waals surface area (Å²) in [5.41, 5.74) is -0.957. The van der Waals surface area contributed by atoms with E-state index in [-0.39, 0.29) is 30.9 Å². The first-order valence-corrected chi connectivity index (χ1v) is 16.6. The highest BCUT2D eigenvalue weighted by Crippen LogP contribution is 2.66. The summed E-state index contributed by atoms with van der Waals surface area (Å²) in [6.45, 7) is 11.6. The van der Waals surface area contributed by atoms with Gasteiger partial charge in [-0.15, -0.1) is 13.2 Å². The Balaban J connectivity index is 1.45. The summed E-state index contributed by atoms with van der Waals surface area (Å²) in [6.07, 6.45) is 6.24. The Morgan fingerprint density at radius 2 is 1.79 bits per heavy atom. The molecule has 3 aliphatic rings. The molecule has 6 rings (SSSR count). The Labute approximate surface area is 276 Å². The van der Waals surface area contributed by atoms with Crippen molar-refractivity contribution in [2.75, 3.05) is 24.7 Å². The van der Waals surface area contributed by atoms with Gasteiger partial charge in [-0.05, 0) is 67.0 Å². The van der Waals surface area contributed by atoms with Gasteiger partial charge in [0.1, 0.15) is 17.6 Å². The van der Waals surface area contributed by atoms with Crippen LogP contribution in [0.1, 0.15) is 51.1 Å². The molecular formula is C39H44N2O6. The SMILES string of the molecule is C=CCCCCOC(=O)[C@@H]1[C@H]2C(=O)N([C@H](CO)c3ccccc3)C(C(=O)N(CC=C)c3ccc4ccccc4c3)C23CC(C)[C@@]1(C)O3. The summed E-state index contributed by atoms with van der Waals surface area (Å²) >= 11 is 0. The van der Waals surface area contributed by atoms with Crippen LogP contribution in [0.15, 0.2) is 98.1 Å². The molecule has 0 aromatic heterocycles. The average Bonchev–Trinajstić information content (AvgIpc) is 3.60. The lowest BCUT2D eigenvalue weighted by Crippen LogP contribution is -2.57. The lowest BCUT2D eigenvalue weighted by molar-refractivity contribution is -0.162. The van der Waals surface area contributed by atoms with Gasteiger partial charge in [0, 0.05) is 12.2 Å². The van der Waals surface area contributed by atoms with Gasteiger partial charge in [0.15, 0.2) is 0 Å². The van der Waals surface area contributed by atoms with Crippen LogP contribution in [-0.2, 0) is 23.9 Å². The molecule has 1 spiro atoms. The fourth-order valence-electron chi connectivity index (χ4n) is 8.28. The number of carbonyl (C=O) groups excluding carboxylic acids is 3. The number of hydrogen-bond acceptors (Lipinski definition) is 6. The number of fused-ring (bicyclic) bond motifs is 2. The number of nitrogens with zero attached hydrogens (tertiary/aromatic N) is 2. The van der Waals surface area contributed by atoms with E-state index in [1.54, 1.807) is 11.0 Å². The van der Waals surface area contributed by atoms with Crippen LogP contribution in [0.2, 0.25) is 0 Å². The zero-order valence-corrected chi connectivity index (χ0v) is 27.2. The molecule has 3 heterocycles. The van der Waals surface area contributed by atoms with Crippen LogP contribution < -0.4 is 4.90 Å². The quantitative estimate of drug-likeness (QED) is 0.140. The topological polar surface area (TPSA) is 96.4 Å². The Bertz CT molecular complexity index is 1670. The molecule has 0 saturated carbocycles. The normalized spacial score (nSPS) is 28.2. The van der Waals surface area contributed by atoms with E-state index in [4.69, 9.17) is 9.47 Å². The van der Waals surface area contributed by atoms with Gasteiger partial charge >= 0.3 is 5.97 Å². The van der Waals surface area contributed by atoms with Crippen molar-refractivity contribution in [3.8, 4) is 0 Å². The summed E-state index contributed by atoms with van der Waals surface area (Å²) in [6, 6.07) is 21.0. The lowest BCUT2D eigenvalue weighted by Gasteiger charge is -2.39. The number of unbranched alkanes of at least 4 members (excludes halogenated alkanes) is 2. The van der Waals surface area contributed by atoms with E-state index in [9.17, 15) is 14.7 Å². The van der Waals surface area contributed by atoms with Crippen molar-refractivity contribution < 1.29 is 29.0 Å². The molecule has 7 atom stereocenters. The maximum Gasteiger partial charge on any atom is 0.312 e. The van der Waals surface area contributed by atoms with Crippen molar-refractivity contribution in [1.82, 2.24) is 4.90 Å². The monoisotopic (exact) mass is 636 g/mol. The number of aliphatic hydroxyl groups is 1. The number of allylic oxidation sites excluding steroid dienone is 1. The Morgan fingerprint density at radius 1 is 1.06 bits per heavy atom. The summed E-state index contributed by atoms with van der Waals surface area (Å²) < 4.78 is 12.7. The fourth-order valence-corrected chi connectivity index (χ4v) is 8.28. The number of amides is 2. The molecule has 246 valence electrons. The van der Waals surface area contributed by atoms with Gasteiger partial charge in [0.25, 0.3) is 5.91 Å². The first-order chi connectivity index (χ1) is 22.7. The molecule has 8 nitrogen and oxygen atoms in total. The number of rotatable bonds is 13. The molecule has 0 radical (unpaired) electrons. The molecule has 2 bridgehead atoms. The summed E-state index contributed by atoms with van der Waals surface area (Å²) in [5, 5.41) is 12.9. The predicted molar refractivity (Wildman–Crippen MR) is 181 cm³/mol. The number of aliphatic hydroxyl groups excluding tert-OH is 1. The number of hydrogen-bond donors (Lipinski definition) is 1. The van der Waals surface area contributed by atoms with Gasteiger partial charge in [-0.25, -0.2) is 0 Å². The minimum Gasteiger partial charge on any atom is -0.465 e. The highest BCUT2D eigenvalue weighted by Gasteiger charge is 2.81. The number of carbonyl (C=O) groups is 3. The third kappa shape index (κ3) is 5.37. The van der Waals surface area contributed by atoms with Crippen LogP contribution in [0.25, 0.3) is 10.8 Å². The van der Waals surface area contributed by atoms with E-state index in [1.165, 1.54) is 4.90 Å². The van der Waals surface area contributed by atoms with Gasteiger partial charge in [-0.2, -0.15) is 0 Å². The predicted octanol–water partition coefficient (Wildman–Crippen LogP) is 6.00. The second-order valence-electron chi connectivity index (χ2n) is 13.3. The number of esters is 1. The van der Waals surface area contributed by atoms with Crippen LogP contribution in [0, 0.1) is 17.8 Å². The largest absolute Gasteiger partial charge is 0.465 e. The Hall–Kier alpha value is -4.27. The minimum absolute atomic E-state index is 0.141. The standard InChI is InChI=1S/C39H44N2O6/c1-5-7-8-14-22-46-37(45)33-32-35(43)41(31(25-42)28-16-10-9-11-17-28)34(39(32)24-26(3)38(33,4)47-39)36(44)40(21-6-2)30-20-19-27-15-12-13-18-29(27)23-30/h5-6,9-13,15-20,23,26,31-34,42H,1-2,7-8,14,21-22,24-25H2,3-4H3/t26?,31-,32+,33+,34?,38-,39?/m1/s1. The third-order valence-corrected chi connectivity index (χ3v) is 10.6. The minimum atomic E-state index is -1.30. The van der Waals surface area contributed by atoms with Crippen LogP contribution in [0.3, 0.4) is 0 Å². The molecule has 3 unspecified atom stereocenters. The number of anilines is 1. The molecule has 3 aliphatic heterocycles. The van der Waals surface area contributed by atoms with Gasteiger partial charge in [-0.3, -0.25) is 14.4 Å². The zero-order valence-electron chi connectivity index (χ0n) is 27.2. The van der Waals surface area contributed by atoms with Crippen molar-refractivity contribution >= 4 is 34.2 Å². The van der Waals surface area contributed by atoms with E-state index < -0.39 is 47.7 Å². The van der Waals surface area contributed by atoms with E-state index in [0.717, 1.165) is 23.6 Å². The van der Waals surface area contributed by atoms with E-state index in [2.05, 4.69) is 13.2 Å². The van der Waals surface area contributed by atoms with Crippen molar-refractivity contribution in [3.05, 3.63) is 104 Å². The first kappa shape index (κ1) is 32.7. The molecule has 0 aliphatic carbocycles. The van der Waals surface area contributed by atoms with Crippen LogP contribution in [0.5, 0.6) is 0 Å². The second kappa shape index (κ2) is 13.1. The summed E-state index contributed by atoms with van der Waals surface area (Å²) in [7, 11) is 0. The maximum absolute atomic E-state index is 15.2. The first-order valence-electron chi connectivity index (χ1n) is 16.6. The second-order valence-corrected chi connectivity index (χ2v) is 13.3. The maximum atomic E-state index is 15.2.